The first-order valence-corrected chi connectivity index (χ1v) is 51.7. The molecule has 0 aliphatic rings. The molecule has 0 spiro atoms. The van der Waals surface area contributed by atoms with Gasteiger partial charge in [-0.2, -0.15) is 0 Å². The molecule has 0 bridgehead atoms. The van der Waals surface area contributed by atoms with Crippen molar-refractivity contribution in [2.24, 2.45) is 0 Å². The molecule has 0 aliphatic heterocycles. The molecular formula is C138H124N6O6. The predicted molar refractivity (Wildman–Crippen MR) is 628 cm³/mol. The summed E-state index contributed by atoms with van der Waals surface area (Å²) in [7, 11) is 8.37. The second-order valence-corrected chi connectivity index (χ2v) is 37.2. The molecule has 12 nitrogen and oxygen atoms in total. The maximum Gasteiger partial charge on any atom is 0.150 e. The number of hydrogen-bond acceptors (Lipinski definition) is 12. The average molecular weight is 1960 g/mol. The topological polar surface area (TPSA) is 82.7 Å². The van der Waals surface area contributed by atoms with Crippen LogP contribution in [0.4, 0.5) is 102 Å². The average Bonchev–Trinajstić information content (AvgIpc) is 0.856. The van der Waals surface area contributed by atoms with Crippen molar-refractivity contribution >= 4 is 109 Å². The number of aldehydes is 1. The third-order valence-electron chi connectivity index (χ3n) is 28.2. The molecule has 12 heteroatoms. The zero-order valence-corrected chi connectivity index (χ0v) is 87.0. The van der Waals surface area contributed by atoms with Crippen molar-refractivity contribution in [2.45, 2.75) is 80.1 Å². The smallest absolute Gasteiger partial charge is 0.150 e. The molecule has 0 aromatic heterocycles. The summed E-state index contributed by atoms with van der Waals surface area (Å²) in [5.74, 6) is 3.92. The van der Waals surface area contributed by atoms with E-state index >= 15 is 0 Å². The maximum atomic E-state index is 11.6. The van der Waals surface area contributed by atoms with E-state index in [4.69, 9.17) is 23.7 Å². The number of benzene rings is 20. The molecule has 150 heavy (non-hydrogen) atoms. The Hall–Kier alpha value is -18.1. The van der Waals surface area contributed by atoms with Crippen LogP contribution in [-0.2, 0) is 38.5 Å². The summed E-state index contributed by atoms with van der Waals surface area (Å²) in [4.78, 5) is 25.3. The number of carbonyl (C=O) groups excluding carboxylic acids is 1. The Morgan fingerprint density at radius 3 is 0.360 bits per heavy atom. The van der Waals surface area contributed by atoms with Crippen LogP contribution in [0.5, 0.6) is 28.7 Å². The van der Waals surface area contributed by atoms with Gasteiger partial charge in [-0.15, -0.1) is 0 Å². The summed E-state index contributed by atoms with van der Waals surface area (Å²) in [6, 6.07) is 169. The van der Waals surface area contributed by atoms with Gasteiger partial charge in [-0.25, -0.2) is 0 Å². The Morgan fingerprint density at radius 2 is 0.253 bits per heavy atom. The Kier molecular flexibility index (Phi) is 31.8. The highest BCUT2D eigenvalue weighted by atomic mass is 16.5. The number of methoxy groups -OCH3 is 5. The molecule has 20 rings (SSSR count). The number of aryl methyl sites for hydroxylation is 6. The summed E-state index contributed by atoms with van der Waals surface area (Å²) in [5.41, 5.74) is 40.9. The maximum absolute atomic E-state index is 11.6. The van der Waals surface area contributed by atoms with Crippen LogP contribution < -0.4 is 53.1 Å². The fraction of sp³-hybridized carbons (Fsp3) is 0.123. The molecule has 0 saturated heterocycles. The van der Waals surface area contributed by atoms with Crippen molar-refractivity contribution in [3.63, 3.8) is 0 Å². The Balaban J connectivity index is 0.000000188. The van der Waals surface area contributed by atoms with Crippen molar-refractivity contribution in [1.29, 1.82) is 0 Å². The minimum Gasteiger partial charge on any atom is -0.497 e. The minimum absolute atomic E-state index is 0.613. The van der Waals surface area contributed by atoms with E-state index in [9.17, 15) is 4.79 Å². The van der Waals surface area contributed by atoms with Crippen molar-refractivity contribution in [2.75, 3.05) is 64.9 Å². The fourth-order valence-electron chi connectivity index (χ4n) is 19.4. The van der Waals surface area contributed by atoms with Crippen molar-refractivity contribution in [3.05, 3.63) is 512 Å². The first kappa shape index (κ1) is 101. The van der Waals surface area contributed by atoms with E-state index in [1.54, 1.807) is 35.5 Å². The highest BCUT2D eigenvalue weighted by Crippen LogP contribution is 2.48. The van der Waals surface area contributed by atoms with Gasteiger partial charge in [0.05, 0.1) is 35.5 Å². The second kappa shape index (κ2) is 47.4. The third kappa shape index (κ3) is 23.1. The number of ether oxygens (including phenoxy) is 5. The Labute approximate surface area is 883 Å². The molecule has 0 aliphatic carbocycles. The van der Waals surface area contributed by atoms with Crippen LogP contribution in [0.25, 0.3) is 66.8 Å². The molecule has 0 heterocycles. The number of anilines is 18. The summed E-state index contributed by atoms with van der Waals surface area (Å²) < 4.78 is 27.5. The van der Waals surface area contributed by atoms with E-state index < -0.39 is 0 Å². The van der Waals surface area contributed by atoms with Gasteiger partial charge in [0.25, 0.3) is 0 Å². The summed E-state index contributed by atoms with van der Waals surface area (Å²) >= 11 is 0. The van der Waals surface area contributed by atoms with Crippen LogP contribution in [0.1, 0.15) is 85.3 Å². The first-order valence-electron chi connectivity index (χ1n) is 51.7. The van der Waals surface area contributed by atoms with Crippen LogP contribution in [0.2, 0.25) is 0 Å². The monoisotopic (exact) mass is 1960 g/mol. The minimum atomic E-state index is 0.613. The van der Waals surface area contributed by atoms with Gasteiger partial charge in [-0.3, -0.25) is 4.79 Å². The molecule has 0 radical (unpaired) electrons. The summed E-state index contributed by atoms with van der Waals surface area (Å²) in [5, 5.41) is 0. The SMILES string of the molecule is CCc1ccc(N(c2ccc(CC)cc2)c2ccc(-c3cc(-c4ccc(N(c5ccc(CC)cc5)c5ccc(CC)cc5)cc4)cc(-c4ccc(N(c5ccc(CC)cc5)c5ccc(CC)cc5)cc4)c3)cc2)cc1.COc1ccc(N(c2ccc(C=O)cc2)c2ccc(-c3cc(-c4ccc(N(c5ccc(OC)cc5)c5ccc(OC)cc5)cc4)cc(-c4ccc(N(c5ccc(OC)cc5)c5ccc(OC)cc5)cc4)c3)cc2)cc1. The lowest BCUT2D eigenvalue weighted by Crippen LogP contribution is -2.10. The number of hydrogen-bond donors (Lipinski definition) is 0. The van der Waals surface area contributed by atoms with Crippen molar-refractivity contribution in [3.8, 4) is 95.5 Å². The largest absolute Gasteiger partial charge is 0.497 e. The van der Waals surface area contributed by atoms with Crippen LogP contribution in [0.3, 0.4) is 0 Å². The molecule has 0 amide bonds. The normalized spacial score (nSPS) is 11.0. The van der Waals surface area contributed by atoms with Gasteiger partial charge in [0.1, 0.15) is 35.0 Å². The zero-order chi connectivity index (χ0) is 103. The molecule has 0 atom stereocenters. The van der Waals surface area contributed by atoms with Crippen LogP contribution in [0.15, 0.2) is 473 Å². The highest BCUT2D eigenvalue weighted by Gasteiger charge is 2.24. The van der Waals surface area contributed by atoms with Crippen LogP contribution in [-0.4, -0.2) is 41.8 Å². The lowest BCUT2D eigenvalue weighted by Gasteiger charge is -2.26. The Bertz CT molecular complexity index is 7060. The van der Waals surface area contributed by atoms with Gasteiger partial charge in [0, 0.05) is 108 Å². The third-order valence-corrected chi connectivity index (χ3v) is 28.2. The lowest BCUT2D eigenvalue weighted by molar-refractivity contribution is 0.112. The molecule has 0 fully saturated rings. The van der Waals surface area contributed by atoms with Gasteiger partial charge in [-0.05, 0) is 466 Å². The molecule has 20 aromatic carbocycles. The van der Waals surface area contributed by atoms with Gasteiger partial charge in [-0.1, -0.05) is 187 Å². The number of nitrogens with zero attached hydrogens (tertiary/aromatic N) is 6. The fourth-order valence-corrected chi connectivity index (χ4v) is 19.4. The van der Waals surface area contributed by atoms with Gasteiger partial charge in [0.15, 0.2) is 0 Å². The quantitative estimate of drug-likeness (QED) is 0.0351. The van der Waals surface area contributed by atoms with Crippen LogP contribution >= 0.6 is 0 Å². The van der Waals surface area contributed by atoms with Crippen molar-refractivity contribution < 1.29 is 28.5 Å². The molecule has 742 valence electrons. The van der Waals surface area contributed by atoms with E-state index in [1.165, 1.54) is 33.4 Å². The molecule has 0 N–H and O–H groups in total. The van der Waals surface area contributed by atoms with Crippen molar-refractivity contribution in [1.82, 2.24) is 0 Å². The second-order valence-electron chi connectivity index (χ2n) is 37.2. The van der Waals surface area contributed by atoms with E-state index in [-0.39, 0.29) is 0 Å². The number of carbonyl (C=O) groups is 1. The number of rotatable bonds is 36. The predicted octanol–water partition coefficient (Wildman–Crippen LogP) is 37.4. The van der Waals surface area contributed by atoms with Crippen LogP contribution in [0, 0.1) is 0 Å². The van der Waals surface area contributed by atoms with Gasteiger partial charge in [0.2, 0.25) is 0 Å². The van der Waals surface area contributed by atoms with E-state index in [0.29, 0.717) is 5.56 Å². The Morgan fingerprint density at radius 1 is 0.147 bits per heavy atom. The molecular weight excluding hydrogens is 1840 g/mol. The first-order chi connectivity index (χ1) is 73.7. The van der Waals surface area contributed by atoms with Gasteiger partial charge < -0.3 is 53.1 Å². The lowest BCUT2D eigenvalue weighted by atomic mass is 9.93. The standard InChI is InChI=1S/C72H69N3.C66H55N3O6/c1-7-52-13-31-64(32-14-52)73(65-33-15-53(8-2)16-34-65)70-43-25-58(26-44-70)61-49-62(59-27-45-71(46-28-59)74(66-35-17-54(9-3)18-36-66)67-37-19-55(10-4)20-38-67)51-63(50-61)60-29-47-72(48-30-60)75(68-39-21-56(11-5)22-40-68)69-41-23-57(12-6)24-42-69;1-71-62-32-22-57(23-33-62)67(53-14-6-46(45-70)7-15-53)54-16-8-47(9-17-54)50-42-51(48-10-18-55(19-11-48)68(58-24-34-63(72-2)35-25-58)59-26-36-64(73-3)37-27-59)44-52(43-50)49-12-20-56(21-13-49)69(60-28-38-65(74-4)39-29-60)61-30-40-66(75-5)41-31-61/h13-51H,7-12H2,1-6H3;6-45H,1-5H3. The molecule has 20 aromatic rings. The van der Waals surface area contributed by atoms with Gasteiger partial charge >= 0.3 is 0 Å². The van der Waals surface area contributed by atoms with E-state index in [1.807, 2.05) is 97.1 Å². The highest BCUT2D eigenvalue weighted by molar-refractivity contribution is 5.91. The molecule has 0 saturated carbocycles. The van der Waals surface area contributed by atoms with E-state index in [0.717, 1.165) is 243 Å². The molecule has 0 unspecified atom stereocenters. The summed E-state index contributed by atoms with van der Waals surface area (Å²) in [6.45, 7) is 13.3. The summed E-state index contributed by atoms with van der Waals surface area (Å²) in [6.07, 6.45) is 6.91. The van der Waals surface area contributed by atoms with E-state index in [2.05, 4.69) is 447 Å². The zero-order valence-electron chi connectivity index (χ0n) is 87.0.